The Morgan fingerprint density at radius 1 is 1.40 bits per heavy atom. The molecular weight excluding hydrogens is 390 g/mol. The minimum absolute atomic E-state index is 0.0289. The lowest BCUT2D eigenvalue weighted by Gasteiger charge is -2.32. The molecule has 0 bridgehead atoms. The van der Waals surface area contributed by atoms with E-state index in [1.807, 2.05) is 4.90 Å². The smallest absolute Gasteiger partial charge is 0.339 e. The van der Waals surface area contributed by atoms with E-state index < -0.39 is 22.9 Å². The third kappa shape index (κ3) is 5.16. The van der Waals surface area contributed by atoms with E-state index >= 15 is 0 Å². The van der Waals surface area contributed by atoms with Gasteiger partial charge in [0.15, 0.2) is 6.10 Å². The fourth-order valence-corrected chi connectivity index (χ4v) is 3.49. The van der Waals surface area contributed by atoms with Gasteiger partial charge in [-0.2, -0.15) is 0 Å². The molecule has 0 aliphatic carbocycles. The number of nitrogens with one attached hydrogen (secondary N) is 1. The summed E-state index contributed by atoms with van der Waals surface area (Å²) in [6.45, 7) is 5.19. The summed E-state index contributed by atoms with van der Waals surface area (Å²) in [5.74, 6) is -0.269. The van der Waals surface area contributed by atoms with Crippen LogP contribution < -0.4 is 10.2 Å². The highest BCUT2D eigenvalue weighted by Gasteiger charge is 2.26. The number of hydrogen-bond acceptors (Lipinski definition) is 7. The Balaban J connectivity index is 1.67. The van der Waals surface area contributed by atoms with Crippen LogP contribution in [0.5, 0.6) is 0 Å². The molecule has 0 radical (unpaired) electrons. The Morgan fingerprint density at radius 2 is 2.20 bits per heavy atom. The van der Waals surface area contributed by atoms with Crippen molar-refractivity contribution in [3.8, 4) is 0 Å². The molecule has 1 aliphatic rings. The van der Waals surface area contributed by atoms with Gasteiger partial charge in [0.1, 0.15) is 11.4 Å². The second-order valence-corrected chi connectivity index (χ2v) is 7.50. The second-order valence-electron chi connectivity index (χ2n) is 7.50. The van der Waals surface area contributed by atoms with Crippen molar-refractivity contribution in [2.24, 2.45) is 5.92 Å². The number of hydrogen-bond donors (Lipinski definition) is 1. The second kappa shape index (κ2) is 9.43. The van der Waals surface area contributed by atoms with E-state index in [4.69, 9.17) is 9.15 Å². The normalized spacial score (nSPS) is 17.3. The van der Waals surface area contributed by atoms with Crippen LogP contribution in [0.4, 0.5) is 11.4 Å². The average molecular weight is 415 g/mol. The molecule has 1 amide bonds. The van der Waals surface area contributed by atoms with Crippen LogP contribution in [0.1, 0.15) is 42.8 Å². The Labute approximate surface area is 174 Å². The zero-order valence-corrected chi connectivity index (χ0v) is 17.0. The van der Waals surface area contributed by atoms with Crippen LogP contribution in [0, 0.1) is 16.0 Å². The summed E-state index contributed by atoms with van der Waals surface area (Å²) in [5, 5.41) is 14.2. The highest BCUT2D eigenvalue weighted by Crippen LogP contribution is 2.32. The highest BCUT2D eigenvalue weighted by molar-refractivity contribution is 5.93. The van der Waals surface area contributed by atoms with Crippen molar-refractivity contribution < 1.29 is 23.7 Å². The molecule has 2 atom stereocenters. The number of ether oxygens (including phenoxy) is 1. The molecule has 2 aromatic rings. The maximum Gasteiger partial charge on any atom is 0.339 e. The fourth-order valence-electron chi connectivity index (χ4n) is 3.49. The highest BCUT2D eigenvalue weighted by atomic mass is 16.6. The summed E-state index contributed by atoms with van der Waals surface area (Å²) in [7, 11) is 0. The zero-order valence-electron chi connectivity index (χ0n) is 17.0. The number of nitrogens with zero attached hydrogens (tertiary/aromatic N) is 2. The van der Waals surface area contributed by atoms with Crippen LogP contribution in [0.15, 0.2) is 41.0 Å². The molecule has 2 heterocycles. The summed E-state index contributed by atoms with van der Waals surface area (Å²) in [6, 6.07) is 7.70. The minimum atomic E-state index is -1.06. The molecular formula is C21H25N3O6. The molecule has 160 valence electrons. The van der Waals surface area contributed by atoms with Crippen molar-refractivity contribution in [1.29, 1.82) is 0 Å². The summed E-state index contributed by atoms with van der Waals surface area (Å²) in [6.07, 6.45) is 2.49. The van der Waals surface area contributed by atoms with Gasteiger partial charge in [0.05, 0.1) is 23.3 Å². The van der Waals surface area contributed by atoms with Crippen LogP contribution in [-0.4, -0.2) is 36.0 Å². The number of furan rings is 1. The van der Waals surface area contributed by atoms with E-state index in [9.17, 15) is 19.7 Å². The summed E-state index contributed by atoms with van der Waals surface area (Å²) in [5.41, 5.74) is 0.377. The molecule has 9 nitrogen and oxygen atoms in total. The summed E-state index contributed by atoms with van der Waals surface area (Å²) < 4.78 is 10.3. The molecule has 1 aliphatic heterocycles. The predicted molar refractivity (Wildman–Crippen MR) is 109 cm³/mol. The molecule has 3 rings (SSSR count). The van der Waals surface area contributed by atoms with E-state index in [1.54, 1.807) is 18.2 Å². The van der Waals surface area contributed by atoms with Crippen molar-refractivity contribution in [3.63, 3.8) is 0 Å². The SMILES string of the molecule is C[C@H]1CCCN(c2ccc(C(=O)O[C@@H](C)C(=O)NCc3ccco3)cc2[N+](=O)[O-])C1. The quantitative estimate of drug-likeness (QED) is 0.419. The van der Waals surface area contributed by atoms with Gasteiger partial charge in [-0.1, -0.05) is 6.92 Å². The Morgan fingerprint density at radius 3 is 2.87 bits per heavy atom. The van der Waals surface area contributed by atoms with Crippen molar-refractivity contribution in [2.45, 2.75) is 39.3 Å². The molecule has 1 aromatic heterocycles. The van der Waals surface area contributed by atoms with Crippen molar-refractivity contribution >= 4 is 23.3 Å². The van der Waals surface area contributed by atoms with Gasteiger partial charge in [-0.3, -0.25) is 14.9 Å². The average Bonchev–Trinajstić information content (AvgIpc) is 3.25. The van der Waals surface area contributed by atoms with Gasteiger partial charge in [0.25, 0.3) is 11.6 Å². The van der Waals surface area contributed by atoms with Crippen LogP contribution >= 0.6 is 0 Å². The van der Waals surface area contributed by atoms with E-state index in [0.29, 0.717) is 17.4 Å². The van der Waals surface area contributed by atoms with Crippen LogP contribution in [0.25, 0.3) is 0 Å². The third-order valence-electron chi connectivity index (χ3n) is 5.08. The van der Waals surface area contributed by atoms with E-state index in [2.05, 4.69) is 12.2 Å². The standard InChI is InChI=1S/C21H25N3O6/c1-14-5-3-9-23(13-14)18-8-7-16(11-19(18)24(27)28)21(26)30-15(2)20(25)22-12-17-6-4-10-29-17/h4,6-8,10-11,14-15H,3,5,9,12-13H2,1-2H3,(H,22,25)/t14-,15-/m0/s1. The molecule has 9 heteroatoms. The number of carbonyl (C=O) groups excluding carboxylic acids is 2. The van der Waals surface area contributed by atoms with Crippen molar-refractivity contribution in [2.75, 3.05) is 18.0 Å². The first-order valence-corrected chi connectivity index (χ1v) is 9.89. The van der Waals surface area contributed by atoms with Crippen LogP contribution in [0.3, 0.4) is 0 Å². The largest absolute Gasteiger partial charge is 0.467 e. The molecule has 0 saturated carbocycles. The van der Waals surface area contributed by atoms with Gasteiger partial charge < -0.3 is 19.4 Å². The van der Waals surface area contributed by atoms with E-state index in [1.165, 1.54) is 25.3 Å². The first-order valence-electron chi connectivity index (χ1n) is 9.89. The maximum atomic E-state index is 12.4. The van der Waals surface area contributed by atoms with Gasteiger partial charge in [-0.05, 0) is 49.9 Å². The van der Waals surface area contributed by atoms with Crippen molar-refractivity contribution in [1.82, 2.24) is 5.32 Å². The number of esters is 1. The number of nitro benzene ring substituents is 1. The van der Waals surface area contributed by atoms with Gasteiger partial charge in [0.2, 0.25) is 0 Å². The maximum absolute atomic E-state index is 12.4. The Bertz CT molecular complexity index is 911. The Hall–Kier alpha value is -3.36. The Kier molecular flexibility index (Phi) is 6.71. The van der Waals surface area contributed by atoms with Gasteiger partial charge in [0, 0.05) is 19.2 Å². The monoisotopic (exact) mass is 415 g/mol. The van der Waals surface area contributed by atoms with Gasteiger partial charge >= 0.3 is 5.97 Å². The zero-order chi connectivity index (χ0) is 21.7. The summed E-state index contributed by atoms with van der Waals surface area (Å²) >= 11 is 0. The molecule has 0 spiro atoms. The minimum Gasteiger partial charge on any atom is -0.467 e. The molecule has 1 fully saturated rings. The van der Waals surface area contributed by atoms with Gasteiger partial charge in [-0.25, -0.2) is 4.79 Å². The molecule has 1 N–H and O–H groups in total. The number of benzene rings is 1. The van der Waals surface area contributed by atoms with E-state index in [0.717, 1.165) is 25.9 Å². The molecule has 30 heavy (non-hydrogen) atoms. The summed E-state index contributed by atoms with van der Waals surface area (Å²) in [4.78, 5) is 37.7. The third-order valence-corrected chi connectivity index (χ3v) is 5.08. The number of piperidine rings is 1. The first kappa shape index (κ1) is 21.4. The van der Waals surface area contributed by atoms with Crippen LogP contribution in [-0.2, 0) is 16.1 Å². The van der Waals surface area contributed by atoms with E-state index in [-0.39, 0.29) is 17.8 Å². The lowest BCUT2D eigenvalue weighted by Crippen LogP contribution is -2.35. The lowest BCUT2D eigenvalue weighted by atomic mass is 9.99. The number of rotatable bonds is 7. The lowest BCUT2D eigenvalue weighted by molar-refractivity contribution is -0.384. The molecule has 1 saturated heterocycles. The van der Waals surface area contributed by atoms with Crippen molar-refractivity contribution in [3.05, 3.63) is 58.0 Å². The van der Waals surface area contributed by atoms with Gasteiger partial charge in [-0.15, -0.1) is 0 Å². The number of anilines is 1. The topological polar surface area (TPSA) is 115 Å². The molecule has 0 unspecified atom stereocenters. The fraction of sp³-hybridized carbons (Fsp3) is 0.429. The van der Waals surface area contributed by atoms with Crippen LogP contribution in [0.2, 0.25) is 0 Å². The number of carbonyl (C=O) groups is 2. The number of amides is 1. The first-order chi connectivity index (χ1) is 14.3. The molecule has 1 aromatic carbocycles. The predicted octanol–water partition coefficient (Wildman–Crippen LogP) is 3.29. The number of nitro groups is 1.